The molecule has 6 heteroatoms. The molecule has 0 N–H and O–H groups in total. The Morgan fingerprint density at radius 2 is 2.20 bits per heavy atom. The average Bonchev–Trinajstić information content (AvgIpc) is 2.80. The highest BCUT2D eigenvalue weighted by Gasteiger charge is 2.11. The van der Waals surface area contributed by atoms with Gasteiger partial charge < -0.3 is 4.74 Å². The Labute approximate surface area is 115 Å². The Hall–Kier alpha value is -2.50. The van der Waals surface area contributed by atoms with Crippen LogP contribution in [0.4, 0.5) is 4.39 Å². The zero-order chi connectivity index (χ0) is 14.7. The standard InChI is InChI=1S/C14H13FN2O3/c1-9-5-12(8-18)16-17(9)7-11-4-3-10(6-13(11)15)14(19)20-2/h3-6,8H,7H2,1-2H3. The largest absolute Gasteiger partial charge is 0.465 e. The molecule has 0 aliphatic rings. The number of esters is 1. The minimum absolute atomic E-state index is 0.152. The van der Waals surface area contributed by atoms with E-state index < -0.39 is 11.8 Å². The third-order valence-electron chi connectivity index (χ3n) is 2.92. The van der Waals surface area contributed by atoms with Crippen molar-refractivity contribution in [1.82, 2.24) is 9.78 Å². The lowest BCUT2D eigenvalue weighted by Gasteiger charge is -2.07. The summed E-state index contributed by atoms with van der Waals surface area (Å²) in [4.78, 5) is 21.9. The molecule has 0 aliphatic heterocycles. The fraction of sp³-hybridized carbons (Fsp3) is 0.214. The van der Waals surface area contributed by atoms with E-state index in [4.69, 9.17) is 0 Å². The first kappa shape index (κ1) is 13.9. The van der Waals surface area contributed by atoms with Crippen molar-refractivity contribution >= 4 is 12.3 Å². The highest BCUT2D eigenvalue weighted by atomic mass is 19.1. The van der Waals surface area contributed by atoms with Gasteiger partial charge in [0.25, 0.3) is 0 Å². The van der Waals surface area contributed by atoms with Gasteiger partial charge in [0, 0.05) is 11.3 Å². The van der Waals surface area contributed by atoms with Gasteiger partial charge >= 0.3 is 5.97 Å². The molecule has 0 saturated heterocycles. The van der Waals surface area contributed by atoms with Crippen LogP contribution in [-0.2, 0) is 11.3 Å². The number of aromatic nitrogens is 2. The number of ether oxygens (including phenoxy) is 1. The second kappa shape index (κ2) is 5.64. The molecule has 0 amide bonds. The molecular weight excluding hydrogens is 263 g/mol. The molecule has 1 aromatic heterocycles. The predicted molar refractivity (Wildman–Crippen MR) is 69.2 cm³/mol. The molecular formula is C14H13FN2O3. The summed E-state index contributed by atoms with van der Waals surface area (Å²) in [5, 5.41) is 4.03. The summed E-state index contributed by atoms with van der Waals surface area (Å²) >= 11 is 0. The fourth-order valence-corrected chi connectivity index (χ4v) is 1.84. The SMILES string of the molecule is COC(=O)c1ccc(Cn2nc(C=O)cc2C)c(F)c1. The van der Waals surface area contributed by atoms with E-state index in [1.165, 1.54) is 23.9 Å². The van der Waals surface area contributed by atoms with Gasteiger partial charge in [0.1, 0.15) is 11.5 Å². The van der Waals surface area contributed by atoms with Gasteiger partial charge in [-0.2, -0.15) is 5.10 Å². The molecule has 104 valence electrons. The van der Waals surface area contributed by atoms with E-state index in [-0.39, 0.29) is 12.1 Å². The second-order valence-corrected chi connectivity index (χ2v) is 4.28. The molecule has 0 atom stereocenters. The minimum atomic E-state index is -0.589. The van der Waals surface area contributed by atoms with Gasteiger partial charge in [-0.15, -0.1) is 0 Å². The van der Waals surface area contributed by atoms with Crippen molar-refractivity contribution in [3.8, 4) is 0 Å². The zero-order valence-corrected chi connectivity index (χ0v) is 11.1. The van der Waals surface area contributed by atoms with Crippen LogP contribution in [0, 0.1) is 12.7 Å². The lowest BCUT2D eigenvalue weighted by molar-refractivity contribution is 0.0600. The maximum absolute atomic E-state index is 13.9. The van der Waals surface area contributed by atoms with E-state index in [9.17, 15) is 14.0 Å². The van der Waals surface area contributed by atoms with Gasteiger partial charge in [0.2, 0.25) is 0 Å². The molecule has 2 rings (SSSR count). The third kappa shape index (κ3) is 2.74. The third-order valence-corrected chi connectivity index (χ3v) is 2.92. The molecule has 1 heterocycles. The maximum Gasteiger partial charge on any atom is 0.337 e. The van der Waals surface area contributed by atoms with Crippen LogP contribution in [0.5, 0.6) is 0 Å². The summed E-state index contributed by atoms with van der Waals surface area (Å²) < 4.78 is 20.0. The maximum atomic E-state index is 13.9. The molecule has 1 aromatic carbocycles. The highest BCUT2D eigenvalue weighted by molar-refractivity contribution is 5.89. The van der Waals surface area contributed by atoms with Crippen LogP contribution >= 0.6 is 0 Å². The van der Waals surface area contributed by atoms with Crippen molar-refractivity contribution in [2.45, 2.75) is 13.5 Å². The van der Waals surface area contributed by atoms with E-state index in [1.54, 1.807) is 13.0 Å². The van der Waals surface area contributed by atoms with Crippen molar-refractivity contribution in [2.75, 3.05) is 7.11 Å². The van der Waals surface area contributed by atoms with Gasteiger partial charge in [0.05, 0.1) is 19.2 Å². The monoisotopic (exact) mass is 276 g/mol. The normalized spacial score (nSPS) is 10.3. The van der Waals surface area contributed by atoms with Crippen LogP contribution in [0.25, 0.3) is 0 Å². The quantitative estimate of drug-likeness (QED) is 0.633. The number of hydrogen-bond donors (Lipinski definition) is 0. The first-order valence-corrected chi connectivity index (χ1v) is 5.91. The van der Waals surface area contributed by atoms with Crippen LogP contribution in [0.1, 0.15) is 32.1 Å². The van der Waals surface area contributed by atoms with E-state index in [0.717, 1.165) is 11.8 Å². The van der Waals surface area contributed by atoms with Gasteiger partial charge in [-0.3, -0.25) is 9.48 Å². The Bertz CT molecular complexity index is 664. The number of carbonyl (C=O) groups is 2. The van der Waals surface area contributed by atoms with Gasteiger partial charge in [0.15, 0.2) is 6.29 Å². The number of carbonyl (C=O) groups excluding carboxylic acids is 2. The molecule has 0 unspecified atom stereocenters. The number of benzene rings is 1. The number of nitrogens with zero attached hydrogens (tertiary/aromatic N) is 2. The molecule has 0 radical (unpaired) electrons. The van der Waals surface area contributed by atoms with Crippen molar-refractivity contribution < 1.29 is 18.7 Å². The van der Waals surface area contributed by atoms with Gasteiger partial charge in [-0.1, -0.05) is 6.07 Å². The Morgan fingerprint density at radius 3 is 2.75 bits per heavy atom. The molecule has 5 nitrogen and oxygen atoms in total. The number of rotatable bonds is 4. The van der Waals surface area contributed by atoms with Crippen molar-refractivity contribution in [3.63, 3.8) is 0 Å². The summed E-state index contributed by atoms with van der Waals surface area (Å²) in [5.41, 5.74) is 1.58. The first-order chi connectivity index (χ1) is 9.55. The van der Waals surface area contributed by atoms with Gasteiger partial charge in [-0.05, 0) is 25.1 Å². The van der Waals surface area contributed by atoms with Crippen molar-refractivity contribution in [3.05, 3.63) is 52.6 Å². The number of halogens is 1. The van der Waals surface area contributed by atoms with Crippen molar-refractivity contribution in [1.29, 1.82) is 0 Å². The van der Waals surface area contributed by atoms with E-state index in [1.807, 2.05) is 0 Å². The van der Waals surface area contributed by atoms with Crippen LogP contribution in [0.15, 0.2) is 24.3 Å². The van der Waals surface area contributed by atoms with Gasteiger partial charge in [-0.25, -0.2) is 9.18 Å². The number of methoxy groups -OCH3 is 1. The zero-order valence-electron chi connectivity index (χ0n) is 11.1. The lowest BCUT2D eigenvalue weighted by Crippen LogP contribution is -2.08. The van der Waals surface area contributed by atoms with E-state index >= 15 is 0 Å². The lowest BCUT2D eigenvalue weighted by atomic mass is 10.1. The molecule has 0 saturated carbocycles. The minimum Gasteiger partial charge on any atom is -0.465 e. The Kier molecular flexibility index (Phi) is 3.93. The van der Waals surface area contributed by atoms with Crippen molar-refractivity contribution in [2.24, 2.45) is 0 Å². The average molecular weight is 276 g/mol. The highest BCUT2D eigenvalue weighted by Crippen LogP contribution is 2.14. The van der Waals surface area contributed by atoms with Crippen LogP contribution < -0.4 is 0 Å². The summed E-state index contributed by atoms with van der Waals surface area (Å²) in [5.74, 6) is -1.11. The number of aldehydes is 1. The molecule has 0 aliphatic carbocycles. The number of aryl methyl sites for hydroxylation is 1. The fourth-order valence-electron chi connectivity index (χ4n) is 1.84. The summed E-state index contributed by atoms with van der Waals surface area (Å²) in [7, 11) is 1.24. The van der Waals surface area contributed by atoms with E-state index in [2.05, 4.69) is 9.84 Å². The molecule has 2 aromatic rings. The van der Waals surface area contributed by atoms with Crippen LogP contribution in [0.2, 0.25) is 0 Å². The first-order valence-electron chi connectivity index (χ1n) is 5.91. The predicted octanol–water partition coefficient (Wildman–Crippen LogP) is 1.98. The molecule has 0 fully saturated rings. The topological polar surface area (TPSA) is 61.2 Å². The molecule has 0 spiro atoms. The number of hydrogen-bond acceptors (Lipinski definition) is 4. The molecule has 0 bridgehead atoms. The summed E-state index contributed by atoms with van der Waals surface area (Å²) in [6.45, 7) is 1.97. The summed E-state index contributed by atoms with van der Waals surface area (Å²) in [6.07, 6.45) is 0.639. The van der Waals surface area contributed by atoms with E-state index in [0.29, 0.717) is 17.5 Å². The summed E-state index contributed by atoms with van der Waals surface area (Å²) in [6, 6.07) is 5.74. The smallest absolute Gasteiger partial charge is 0.337 e. The van der Waals surface area contributed by atoms with Crippen LogP contribution in [-0.4, -0.2) is 29.1 Å². The Balaban J connectivity index is 2.27. The Morgan fingerprint density at radius 1 is 1.45 bits per heavy atom. The molecule has 20 heavy (non-hydrogen) atoms. The van der Waals surface area contributed by atoms with Crippen LogP contribution in [0.3, 0.4) is 0 Å². The second-order valence-electron chi connectivity index (χ2n) is 4.28.